The van der Waals surface area contributed by atoms with Crippen LogP contribution in [0.5, 0.6) is 0 Å². The van der Waals surface area contributed by atoms with E-state index in [4.69, 9.17) is 17.3 Å². The maximum absolute atomic E-state index is 14.9. The molecule has 1 fully saturated rings. The molecular formula is C24H25Cl2F4N3O2. The maximum atomic E-state index is 14.9. The molecule has 2 N–H and O–H groups in total. The van der Waals surface area contributed by atoms with Crippen LogP contribution in [0.4, 0.5) is 23.2 Å². The number of aldehydes is 1. The summed E-state index contributed by atoms with van der Waals surface area (Å²) in [6.45, 7) is 0.122. The first-order valence-electron chi connectivity index (χ1n) is 11.0. The molecule has 3 aromatic rings. The highest BCUT2D eigenvalue weighted by atomic mass is 35.5. The number of nitrogens with zero attached hydrogens (tertiary/aromatic N) is 2. The van der Waals surface area contributed by atoms with Crippen molar-refractivity contribution in [3.05, 3.63) is 64.1 Å². The second-order valence-corrected chi connectivity index (χ2v) is 8.65. The monoisotopic (exact) mass is 533 g/mol. The third-order valence-electron chi connectivity index (χ3n) is 6.17. The number of nitrogens with two attached hydrogens (primary N) is 1. The number of carbonyl (C=O) groups is 1. The molecule has 0 amide bonds. The topological polar surface area (TPSA) is 60.5 Å². The molecule has 35 heavy (non-hydrogen) atoms. The van der Waals surface area contributed by atoms with Gasteiger partial charge < -0.3 is 15.2 Å². The predicted octanol–water partition coefficient (Wildman–Crippen LogP) is 6.39. The average Bonchev–Trinajstić information content (AvgIpc) is 3.18. The van der Waals surface area contributed by atoms with E-state index in [-0.39, 0.29) is 37.4 Å². The first kappa shape index (κ1) is 27.3. The molecule has 2 heterocycles. The Kier molecular flexibility index (Phi) is 8.69. The molecule has 0 radical (unpaired) electrons. The van der Waals surface area contributed by atoms with Crippen molar-refractivity contribution in [3.63, 3.8) is 0 Å². The molecule has 190 valence electrons. The number of anilines is 1. The highest BCUT2D eigenvalue weighted by Crippen LogP contribution is 2.42. The lowest BCUT2D eigenvalue weighted by Gasteiger charge is -2.39. The highest BCUT2D eigenvalue weighted by molar-refractivity contribution is 6.36. The Hall–Kier alpha value is -2.33. The number of ether oxygens (including phenoxy) is 1. The zero-order chi connectivity index (χ0) is 24.5. The Morgan fingerprint density at radius 2 is 1.97 bits per heavy atom. The molecule has 11 heteroatoms. The first-order valence-corrected chi connectivity index (χ1v) is 11.3. The zero-order valence-corrected chi connectivity index (χ0v) is 20.2. The molecule has 1 saturated heterocycles. The summed E-state index contributed by atoms with van der Waals surface area (Å²) in [4.78, 5) is 14.0. The molecule has 2 aromatic carbocycles. The number of halogens is 6. The second kappa shape index (κ2) is 11.2. The summed E-state index contributed by atoms with van der Waals surface area (Å²) in [6, 6.07) is 7.97. The number of aromatic nitrogens is 1. The van der Waals surface area contributed by atoms with Crippen molar-refractivity contribution in [1.82, 2.24) is 4.57 Å². The maximum Gasteiger partial charge on any atom is 0.522 e. The van der Waals surface area contributed by atoms with Gasteiger partial charge in [0.25, 0.3) is 0 Å². The summed E-state index contributed by atoms with van der Waals surface area (Å²) in [7, 11) is 0. The molecule has 1 aliphatic rings. The van der Waals surface area contributed by atoms with Gasteiger partial charge in [0.2, 0.25) is 0 Å². The van der Waals surface area contributed by atoms with Crippen LogP contribution in [-0.2, 0) is 17.8 Å². The lowest BCUT2D eigenvalue weighted by atomic mass is 9.92. The van der Waals surface area contributed by atoms with Crippen LogP contribution in [0.3, 0.4) is 0 Å². The first-order chi connectivity index (χ1) is 16.2. The van der Waals surface area contributed by atoms with E-state index in [1.54, 1.807) is 24.3 Å². The van der Waals surface area contributed by atoms with Gasteiger partial charge in [-0.05, 0) is 49.1 Å². The average molecular weight is 534 g/mol. The largest absolute Gasteiger partial charge is 0.522 e. The minimum absolute atomic E-state index is 0. The Morgan fingerprint density at radius 3 is 2.66 bits per heavy atom. The number of rotatable bonds is 7. The van der Waals surface area contributed by atoms with E-state index >= 15 is 0 Å². The van der Waals surface area contributed by atoms with Gasteiger partial charge in [-0.3, -0.25) is 9.53 Å². The molecule has 1 unspecified atom stereocenters. The summed E-state index contributed by atoms with van der Waals surface area (Å²) in [5, 5.41) is 0.820. The Morgan fingerprint density at radius 1 is 1.20 bits per heavy atom. The van der Waals surface area contributed by atoms with Crippen LogP contribution in [0, 0.1) is 5.82 Å². The second-order valence-electron chi connectivity index (χ2n) is 8.24. The highest BCUT2D eigenvalue weighted by Gasteiger charge is 2.31. The summed E-state index contributed by atoms with van der Waals surface area (Å²) >= 11 is 6.44. The van der Waals surface area contributed by atoms with Gasteiger partial charge in [0, 0.05) is 48.0 Å². The van der Waals surface area contributed by atoms with Crippen LogP contribution >= 0.6 is 24.0 Å². The van der Waals surface area contributed by atoms with Crippen LogP contribution in [0.2, 0.25) is 5.02 Å². The molecule has 0 aliphatic carbocycles. The van der Waals surface area contributed by atoms with Crippen molar-refractivity contribution in [2.45, 2.75) is 44.8 Å². The SMILES string of the molecule is Cl.NCc1ccc(F)c(C2CCCCN2c2ccc(Cl)c3c2c(C=O)cn3CCOC(F)(F)F)c1. The Labute approximate surface area is 211 Å². The molecule has 1 atom stereocenters. The van der Waals surface area contributed by atoms with Crippen LogP contribution < -0.4 is 10.6 Å². The quantitative estimate of drug-likeness (QED) is 0.282. The van der Waals surface area contributed by atoms with Crippen molar-refractivity contribution < 1.29 is 27.1 Å². The van der Waals surface area contributed by atoms with Gasteiger partial charge in [-0.1, -0.05) is 17.7 Å². The number of benzene rings is 2. The van der Waals surface area contributed by atoms with Crippen LogP contribution in [0.25, 0.3) is 10.9 Å². The standard InChI is InChI=1S/C24H24ClF4N3O2.ClH/c25-18-5-7-21(22-16(14-33)13-31(23(18)22)9-10-34-24(27,28)29)32-8-2-1-3-20(32)17-11-15(12-30)4-6-19(17)26;/h4-7,11,13-14,20H,1-3,8-10,12,30H2;1H. The molecule has 4 rings (SSSR count). The Balaban J connectivity index is 0.00000342. The number of hydrogen-bond acceptors (Lipinski definition) is 4. The van der Waals surface area contributed by atoms with E-state index in [1.165, 1.54) is 16.8 Å². The third-order valence-corrected chi connectivity index (χ3v) is 6.47. The molecular weight excluding hydrogens is 509 g/mol. The fraction of sp³-hybridized carbons (Fsp3) is 0.375. The van der Waals surface area contributed by atoms with Gasteiger partial charge >= 0.3 is 6.36 Å². The van der Waals surface area contributed by atoms with Crippen molar-refractivity contribution in [1.29, 1.82) is 0 Å². The van der Waals surface area contributed by atoms with E-state index < -0.39 is 13.0 Å². The minimum Gasteiger partial charge on any atom is -0.364 e. The van der Waals surface area contributed by atoms with Crippen LogP contribution in [0.15, 0.2) is 36.5 Å². The van der Waals surface area contributed by atoms with Crippen molar-refractivity contribution in [3.8, 4) is 0 Å². The lowest BCUT2D eigenvalue weighted by Crippen LogP contribution is -2.34. The number of carbonyl (C=O) groups excluding carboxylic acids is 1. The zero-order valence-electron chi connectivity index (χ0n) is 18.7. The Bertz CT molecular complexity index is 1200. The van der Waals surface area contributed by atoms with Crippen LogP contribution in [0.1, 0.15) is 46.8 Å². The molecule has 0 saturated carbocycles. The van der Waals surface area contributed by atoms with Crippen LogP contribution in [-0.4, -0.2) is 30.4 Å². The van der Waals surface area contributed by atoms with Gasteiger partial charge in [0.05, 0.1) is 23.2 Å². The van der Waals surface area contributed by atoms with Gasteiger partial charge in [0.1, 0.15) is 5.82 Å². The van der Waals surface area contributed by atoms with Gasteiger partial charge in [-0.15, -0.1) is 25.6 Å². The van der Waals surface area contributed by atoms with E-state index in [2.05, 4.69) is 4.74 Å². The van der Waals surface area contributed by atoms with E-state index in [9.17, 15) is 22.4 Å². The number of hydrogen-bond donors (Lipinski definition) is 1. The van der Waals surface area contributed by atoms with Gasteiger partial charge in [-0.2, -0.15) is 0 Å². The molecule has 0 bridgehead atoms. The number of fused-ring (bicyclic) bond motifs is 1. The predicted molar refractivity (Wildman–Crippen MR) is 130 cm³/mol. The van der Waals surface area contributed by atoms with E-state index in [0.29, 0.717) is 52.0 Å². The number of piperidine rings is 1. The van der Waals surface area contributed by atoms with Gasteiger partial charge in [-0.25, -0.2) is 4.39 Å². The lowest BCUT2D eigenvalue weighted by molar-refractivity contribution is -0.325. The van der Waals surface area contributed by atoms with Gasteiger partial charge in [0.15, 0.2) is 6.29 Å². The summed E-state index contributed by atoms with van der Waals surface area (Å²) in [5.41, 5.74) is 8.52. The number of alkyl halides is 3. The molecule has 1 aromatic heterocycles. The van der Waals surface area contributed by atoms with E-state index in [0.717, 1.165) is 18.4 Å². The fourth-order valence-corrected chi connectivity index (χ4v) is 4.97. The summed E-state index contributed by atoms with van der Waals surface area (Å²) < 4.78 is 57.7. The molecule has 1 aliphatic heterocycles. The van der Waals surface area contributed by atoms with Crippen molar-refractivity contribution >= 4 is 46.9 Å². The van der Waals surface area contributed by atoms with Crippen molar-refractivity contribution in [2.24, 2.45) is 5.73 Å². The normalized spacial score (nSPS) is 16.4. The molecule has 5 nitrogen and oxygen atoms in total. The third kappa shape index (κ3) is 5.74. The fourth-order valence-electron chi connectivity index (χ4n) is 4.70. The molecule has 0 spiro atoms. The summed E-state index contributed by atoms with van der Waals surface area (Å²) in [6.07, 6.45) is -0.157. The van der Waals surface area contributed by atoms with Crippen molar-refractivity contribution in [2.75, 3.05) is 18.1 Å². The van der Waals surface area contributed by atoms with E-state index in [1.807, 2.05) is 4.90 Å². The minimum atomic E-state index is -4.76. The summed E-state index contributed by atoms with van der Waals surface area (Å²) in [5.74, 6) is -0.336. The smallest absolute Gasteiger partial charge is 0.364 e.